The third-order valence-electron chi connectivity index (χ3n) is 3.75. The fourth-order valence-corrected chi connectivity index (χ4v) is 2.52. The van der Waals surface area contributed by atoms with Gasteiger partial charge < -0.3 is 10.4 Å². The molecule has 7 nitrogen and oxygen atoms in total. The van der Waals surface area contributed by atoms with E-state index in [1.807, 2.05) is 0 Å². The monoisotopic (exact) mass is 354 g/mol. The zero-order valence-corrected chi connectivity index (χ0v) is 13.3. The van der Waals surface area contributed by atoms with E-state index in [4.69, 9.17) is 0 Å². The summed E-state index contributed by atoms with van der Waals surface area (Å²) in [4.78, 5) is 12.1. The van der Waals surface area contributed by atoms with Crippen molar-refractivity contribution in [2.45, 2.75) is 6.61 Å². The van der Waals surface area contributed by atoms with E-state index in [9.17, 15) is 13.9 Å². The molecule has 0 saturated carbocycles. The van der Waals surface area contributed by atoms with Crippen molar-refractivity contribution in [3.05, 3.63) is 66.3 Å². The number of pyridine rings is 2. The zero-order valence-electron chi connectivity index (χ0n) is 13.3. The molecule has 2 N–H and O–H groups in total. The largest absolute Gasteiger partial charge is 0.392 e. The van der Waals surface area contributed by atoms with Crippen LogP contribution in [0.3, 0.4) is 0 Å². The summed E-state index contributed by atoms with van der Waals surface area (Å²) in [5, 5.41) is 16.8. The third-order valence-corrected chi connectivity index (χ3v) is 3.75. The predicted molar refractivity (Wildman–Crippen MR) is 89.6 cm³/mol. The SMILES string of the molecule is OCc1ccn2nc(-c3ccc(F)cn3)nc(Nc3ccncc3F)c12. The molecule has 0 aromatic carbocycles. The molecule has 0 atom stereocenters. The fraction of sp³-hybridized carbons (Fsp3) is 0.0588. The van der Waals surface area contributed by atoms with Gasteiger partial charge in [-0.2, -0.15) is 0 Å². The van der Waals surface area contributed by atoms with Gasteiger partial charge in [-0.05, 0) is 24.3 Å². The molecule has 0 bridgehead atoms. The topological polar surface area (TPSA) is 88.2 Å². The van der Waals surface area contributed by atoms with E-state index >= 15 is 0 Å². The van der Waals surface area contributed by atoms with Crippen molar-refractivity contribution in [1.29, 1.82) is 0 Å². The number of hydrogen-bond donors (Lipinski definition) is 2. The van der Waals surface area contributed by atoms with Crippen LogP contribution in [0.15, 0.2) is 49.1 Å². The average Bonchev–Trinajstić information content (AvgIpc) is 3.07. The summed E-state index contributed by atoms with van der Waals surface area (Å²) >= 11 is 0. The molecule has 4 aromatic heterocycles. The molecule has 0 aliphatic rings. The normalized spacial score (nSPS) is 11.0. The highest BCUT2D eigenvalue weighted by Gasteiger charge is 2.15. The predicted octanol–water partition coefficient (Wildman–Crippen LogP) is 2.70. The van der Waals surface area contributed by atoms with E-state index in [0.717, 1.165) is 12.4 Å². The fourth-order valence-electron chi connectivity index (χ4n) is 2.52. The first-order valence-electron chi connectivity index (χ1n) is 7.63. The van der Waals surface area contributed by atoms with Crippen LogP contribution in [0.5, 0.6) is 0 Å². The molecule has 26 heavy (non-hydrogen) atoms. The lowest BCUT2D eigenvalue weighted by Crippen LogP contribution is -2.06. The van der Waals surface area contributed by atoms with Crippen LogP contribution < -0.4 is 5.32 Å². The van der Waals surface area contributed by atoms with E-state index in [1.54, 1.807) is 12.3 Å². The van der Waals surface area contributed by atoms with E-state index in [2.05, 4.69) is 25.4 Å². The summed E-state index contributed by atoms with van der Waals surface area (Å²) in [7, 11) is 0. The lowest BCUT2D eigenvalue weighted by molar-refractivity contribution is 0.283. The summed E-state index contributed by atoms with van der Waals surface area (Å²) in [5.74, 6) is -0.534. The van der Waals surface area contributed by atoms with Crippen LogP contribution in [-0.4, -0.2) is 29.7 Å². The summed E-state index contributed by atoms with van der Waals surface area (Å²) in [5.41, 5.74) is 1.59. The molecular formula is C17H12F2N6O. The van der Waals surface area contributed by atoms with Gasteiger partial charge in [-0.1, -0.05) is 0 Å². The Kier molecular flexibility index (Phi) is 3.98. The second kappa shape index (κ2) is 6.45. The molecule has 9 heteroatoms. The minimum atomic E-state index is -0.553. The van der Waals surface area contributed by atoms with Gasteiger partial charge in [0.05, 0.1) is 24.7 Å². The van der Waals surface area contributed by atoms with Crippen molar-refractivity contribution in [3.63, 3.8) is 0 Å². The molecule has 4 heterocycles. The number of hydrogen-bond acceptors (Lipinski definition) is 6. The summed E-state index contributed by atoms with van der Waals surface area (Å²) in [6.45, 7) is -0.235. The quantitative estimate of drug-likeness (QED) is 0.586. The highest BCUT2D eigenvalue weighted by molar-refractivity contribution is 5.78. The molecule has 0 aliphatic heterocycles. The first kappa shape index (κ1) is 16.0. The Labute approximate surface area is 146 Å². The molecule has 0 fully saturated rings. The summed E-state index contributed by atoms with van der Waals surface area (Å²) in [6, 6.07) is 5.84. The Morgan fingerprint density at radius 3 is 2.73 bits per heavy atom. The van der Waals surface area contributed by atoms with Crippen LogP contribution in [0, 0.1) is 11.6 Å². The average molecular weight is 354 g/mol. The number of aliphatic hydroxyl groups excluding tert-OH is 1. The number of halogens is 2. The van der Waals surface area contributed by atoms with Gasteiger partial charge in [-0.25, -0.2) is 23.3 Å². The molecule has 0 saturated heterocycles. The number of aromatic nitrogens is 5. The molecule has 0 spiro atoms. The second-order valence-electron chi connectivity index (χ2n) is 5.42. The van der Waals surface area contributed by atoms with E-state index in [1.165, 1.54) is 28.9 Å². The smallest absolute Gasteiger partial charge is 0.200 e. The number of anilines is 2. The van der Waals surface area contributed by atoms with Crippen LogP contribution in [0.25, 0.3) is 17.0 Å². The minimum Gasteiger partial charge on any atom is -0.392 e. The molecule has 0 aliphatic carbocycles. The number of aliphatic hydroxyl groups is 1. The Balaban J connectivity index is 1.89. The Morgan fingerprint density at radius 1 is 1.12 bits per heavy atom. The molecule has 0 radical (unpaired) electrons. The van der Waals surface area contributed by atoms with Gasteiger partial charge in [0, 0.05) is 18.0 Å². The van der Waals surface area contributed by atoms with Gasteiger partial charge in [0.1, 0.15) is 17.0 Å². The molecule has 130 valence electrons. The van der Waals surface area contributed by atoms with E-state index < -0.39 is 11.6 Å². The number of fused-ring (bicyclic) bond motifs is 1. The molecule has 4 rings (SSSR count). The lowest BCUT2D eigenvalue weighted by Gasteiger charge is -2.11. The highest BCUT2D eigenvalue weighted by atomic mass is 19.1. The van der Waals surface area contributed by atoms with Crippen LogP contribution in [0.2, 0.25) is 0 Å². The zero-order chi connectivity index (χ0) is 18.1. The van der Waals surface area contributed by atoms with Crippen molar-refractivity contribution < 1.29 is 13.9 Å². The van der Waals surface area contributed by atoms with E-state index in [0.29, 0.717) is 16.8 Å². The molecule has 0 unspecified atom stereocenters. The molecule has 4 aromatic rings. The summed E-state index contributed by atoms with van der Waals surface area (Å²) in [6.07, 6.45) is 5.22. The Hall–Kier alpha value is -3.46. The standard InChI is InChI=1S/C17H12F2N6O/c18-11-1-2-14(21-7-11)16-23-17(22-13-3-5-20-8-12(13)19)15-10(9-26)4-6-25(15)24-16/h1-8,26H,9H2,(H,20,22,23,24). The van der Waals surface area contributed by atoms with Crippen LogP contribution in [-0.2, 0) is 6.61 Å². The van der Waals surface area contributed by atoms with Crippen LogP contribution in [0.1, 0.15) is 5.56 Å². The Morgan fingerprint density at radius 2 is 2.00 bits per heavy atom. The lowest BCUT2D eigenvalue weighted by atomic mass is 10.2. The maximum atomic E-state index is 14.0. The van der Waals surface area contributed by atoms with Gasteiger partial charge >= 0.3 is 0 Å². The van der Waals surface area contributed by atoms with Crippen molar-refractivity contribution in [2.24, 2.45) is 0 Å². The first-order chi connectivity index (χ1) is 12.7. The van der Waals surface area contributed by atoms with Crippen molar-refractivity contribution in [1.82, 2.24) is 24.6 Å². The minimum absolute atomic E-state index is 0.170. The number of rotatable bonds is 4. The van der Waals surface area contributed by atoms with Gasteiger partial charge in [-0.3, -0.25) is 4.98 Å². The van der Waals surface area contributed by atoms with Gasteiger partial charge in [0.25, 0.3) is 0 Å². The van der Waals surface area contributed by atoms with E-state index in [-0.39, 0.29) is 23.9 Å². The molecular weight excluding hydrogens is 342 g/mol. The Bertz CT molecular complexity index is 1080. The second-order valence-corrected chi connectivity index (χ2v) is 5.42. The van der Waals surface area contributed by atoms with Gasteiger partial charge in [-0.15, -0.1) is 5.10 Å². The summed E-state index contributed by atoms with van der Waals surface area (Å²) < 4.78 is 28.6. The van der Waals surface area contributed by atoms with Crippen molar-refractivity contribution >= 4 is 17.0 Å². The number of nitrogens with one attached hydrogen (secondary N) is 1. The van der Waals surface area contributed by atoms with Crippen LogP contribution >= 0.6 is 0 Å². The number of nitrogens with zero attached hydrogens (tertiary/aromatic N) is 5. The maximum Gasteiger partial charge on any atom is 0.200 e. The third kappa shape index (κ3) is 2.84. The van der Waals surface area contributed by atoms with Crippen LogP contribution in [0.4, 0.5) is 20.3 Å². The first-order valence-corrected chi connectivity index (χ1v) is 7.63. The van der Waals surface area contributed by atoms with Gasteiger partial charge in [0.15, 0.2) is 11.6 Å². The molecule has 0 amide bonds. The van der Waals surface area contributed by atoms with Crippen molar-refractivity contribution in [3.8, 4) is 11.5 Å². The van der Waals surface area contributed by atoms with Crippen molar-refractivity contribution in [2.75, 3.05) is 5.32 Å². The maximum absolute atomic E-state index is 14.0. The van der Waals surface area contributed by atoms with Gasteiger partial charge in [0.2, 0.25) is 5.82 Å². The highest BCUT2D eigenvalue weighted by Crippen LogP contribution is 2.26.